The van der Waals surface area contributed by atoms with Gasteiger partial charge < -0.3 is 19.9 Å². The number of thioether (sulfide) groups is 1. The second-order valence-electron chi connectivity index (χ2n) is 5.06. The van der Waals surface area contributed by atoms with Crippen molar-refractivity contribution in [3.8, 4) is 11.5 Å². The number of amides is 1. The molecule has 6 heteroatoms. The summed E-state index contributed by atoms with van der Waals surface area (Å²) in [6, 6.07) is 14.6. The first kappa shape index (κ1) is 18.2. The standard InChI is InChI=1S/C18H21NO4S/c1-22-14-5-7-15(8-6-14)23-12-18(21)19-11-17(20)13-3-9-16(24-2)10-4-13/h3-10,17,20H,11-12H2,1-2H3,(H,19,21). The van der Waals surface area contributed by atoms with Crippen LogP contribution in [0, 0.1) is 0 Å². The van der Waals surface area contributed by atoms with E-state index < -0.39 is 6.10 Å². The maximum atomic E-state index is 11.8. The summed E-state index contributed by atoms with van der Waals surface area (Å²) in [6.45, 7) is 0.0356. The van der Waals surface area contributed by atoms with E-state index in [2.05, 4.69) is 5.32 Å². The Morgan fingerprint density at radius 2 is 1.75 bits per heavy atom. The van der Waals surface area contributed by atoms with Gasteiger partial charge in [0.1, 0.15) is 11.5 Å². The maximum Gasteiger partial charge on any atom is 0.258 e. The third kappa shape index (κ3) is 5.47. The van der Waals surface area contributed by atoms with Crippen molar-refractivity contribution in [2.45, 2.75) is 11.0 Å². The van der Waals surface area contributed by atoms with Gasteiger partial charge in [0.25, 0.3) is 5.91 Å². The highest BCUT2D eigenvalue weighted by Crippen LogP contribution is 2.19. The predicted octanol–water partition coefficient (Wildman–Crippen LogP) is 2.65. The molecular formula is C18H21NO4S. The number of aliphatic hydroxyl groups is 1. The lowest BCUT2D eigenvalue weighted by atomic mass is 10.1. The number of benzene rings is 2. The highest BCUT2D eigenvalue weighted by Gasteiger charge is 2.10. The molecule has 2 rings (SSSR count). The molecule has 2 aromatic rings. The van der Waals surface area contributed by atoms with Crippen molar-refractivity contribution in [3.05, 3.63) is 54.1 Å². The topological polar surface area (TPSA) is 67.8 Å². The second kappa shape index (κ2) is 9.20. The van der Waals surface area contributed by atoms with E-state index in [0.29, 0.717) is 5.75 Å². The largest absolute Gasteiger partial charge is 0.497 e. The fourth-order valence-electron chi connectivity index (χ4n) is 2.03. The molecule has 128 valence electrons. The summed E-state index contributed by atoms with van der Waals surface area (Å²) < 4.78 is 10.4. The van der Waals surface area contributed by atoms with Crippen LogP contribution in [0.1, 0.15) is 11.7 Å². The number of rotatable bonds is 8. The lowest BCUT2D eigenvalue weighted by Gasteiger charge is -2.13. The van der Waals surface area contributed by atoms with Gasteiger partial charge in [0.05, 0.1) is 13.2 Å². The minimum absolute atomic E-state index is 0.107. The molecule has 0 fully saturated rings. The molecule has 0 saturated carbocycles. The normalized spacial score (nSPS) is 11.6. The number of nitrogens with one attached hydrogen (secondary N) is 1. The summed E-state index contributed by atoms with van der Waals surface area (Å²) in [5, 5.41) is 12.8. The van der Waals surface area contributed by atoms with Crippen LogP contribution in [0.15, 0.2) is 53.4 Å². The minimum atomic E-state index is -0.745. The third-order valence-electron chi connectivity index (χ3n) is 3.42. The molecule has 0 heterocycles. The number of carbonyl (C=O) groups is 1. The van der Waals surface area contributed by atoms with E-state index in [-0.39, 0.29) is 19.1 Å². The van der Waals surface area contributed by atoms with Crippen LogP contribution in [0.2, 0.25) is 0 Å². The van der Waals surface area contributed by atoms with Crippen molar-refractivity contribution < 1.29 is 19.4 Å². The highest BCUT2D eigenvalue weighted by atomic mass is 32.2. The van der Waals surface area contributed by atoms with Gasteiger partial charge in [-0.1, -0.05) is 12.1 Å². The van der Waals surface area contributed by atoms with Crippen molar-refractivity contribution in [2.24, 2.45) is 0 Å². The minimum Gasteiger partial charge on any atom is -0.497 e. The van der Waals surface area contributed by atoms with Gasteiger partial charge in [-0.2, -0.15) is 0 Å². The van der Waals surface area contributed by atoms with Gasteiger partial charge >= 0.3 is 0 Å². The first-order valence-electron chi connectivity index (χ1n) is 7.48. The molecule has 2 N–H and O–H groups in total. The Morgan fingerprint density at radius 1 is 1.12 bits per heavy atom. The summed E-state index contributed by atoms with van der Waals surface area (Å²) in [7, 11) is 1.59. The number of hydrogen-bond acceptors (Lipinski definition) is 5. The molecule has 0 aliphatic carbocycles. The van der Waals surface area contributed by atoms with Crippen molar-refractivity contribution in [1.82, 2.24) is 5.32 Å². The fourth-order valence-corrected chi connectivity index (χ4v) is 2.43. The van der Waals surface area contributed by atoms with E-state index >= 15 is 0 Å². The van der Waals surface area contributed by atoms with E-state index in [1.54, 1.807) is 43.1 Å². The average Bonchev–Trinajstić information content (AvgIpc) is 2.64. The third-order valence-corrected chi connectivity index (χ3v) is 4.17. The zero-order chi connectivity index (χ0) is 17.4. The zero-order valence-corrected chi connectivity index (χ0v) is 14.5. The molecule has 0 saturated heterocycles. The Kier molecular flexibility index (Phi) is 6.96. The molecule has 24 heavy (non-hydrogen) atoms. The van der Waals surface area contributed by atoms with Crippen LogP contribution in [-0.4, -0.2) is 37.5 Å². The van der Waals surface area contributed by atoms with Gasteiger partial charge in [-0.3, -0.25) is 4.79 Å². The van der Waals surface area contributed by atoms with Crippen LogP contribution in [0.4, 0.5) is 0 Å². The van der Waals surface area contributed by atoms with Crippen LogP contribution in [0.5, 0.6) is 11.5 Å². The van der Waals surface area contributed by atoms with Gasteiger partial charge in [-0.05, 0) is 48.2 Å². The monoisotopic (exact) mass is 347 g/mol. The van der Waals surface area contributed by atoms with Crippen molar-refractivity contribution in [1.29, 1.82) is 0 Å². The summed E-state index contributed by atoms with van der Waals surface area (Å²) in [5.41, 5.74) is 0.768. The van der Waals surface area contributed by atoms with E-state index in [1.807, 2.05) is 30.5 Å². The SMILES string of the molecule is COc1ccc(OCC(=O)NCC(O)c2ccc(SC)cc2)cc1. The first-order chi connectivity index (χ1) is 11.6. The van der Waals surface area contributed by atoms with Gasteiger partial charge in [0.15, 0.2) is 6.61 Å². The lowest BCUT2D eigenvalue weighted by molar-refractivity contribution is -0.123. The number of carbonyl (C=O) groups excluding carboxylic acids is 1. The molecular weight excluding hydrogens is 326 g/mol. The smallest absolute Gasteiger partial charge is 0.258 e. The van der Waals surface area contributed by atoms with Crippen molar-refractivity contribution in [3.63, 3.8) is 0 Å². The molecule has 0 aromatic heterocycles. The summed E-state index contributed by atoms with van der Waals surface area (Å²) in [5.74, 6) is 1.02. The van der Waals surface area contributed by atoms with E-state index in [0.717, 1.165) is 16.2 Å². The van der Waals surface area contributed by atoms with Crippen LogP contribution >= 0.6 is 11.8 Å². The van der Waals surface area contributed by atoms with Crippen molar-refractivity contribution >= 4 is 17.7 Å². The molecule has 1 amide bonds. The second-order valence-corrected chi connectivity index (χ2v) is 5.94. The number of hydrogen-bond donors (Lipinski definition) is 2. The zero-order valence-electron chi connectivity index (χ0n) is 13.7. The number of ether oxygens (including phenoxy) is 2. The Balaban J connectivity index is 1.75. The molecule has 0 spiro atoms. The van der Waals surface area contributed by atoms with Gasteiger partial charge in [0.2, 0.25) is 0 Å². The maximum absolute atomic E-state index is 11.8. The van der Waals surface area contributed by atoms with Crippen molar-refractivity contribution in [2.75, 3.05) is 26.5 Å². The first-order valence-corrected chi connectivity index (χ1v) is 8.70. The van der Waals surface area contributed by atoms with Crippen LogP contribution in [0.3, 0.4) is 0 Å². The molecule has 0 radical (unpaired) electrons. The summed E-state index contributed by atoms with van der Waals surface area (Å²) >= 11 is 1.64. The highest BCUT2D eigenvalue weighted by molar-refractivity contribution is 7.98. The van der Waals surface area contributed by atoms with E-state index in [1.165, 1.54) is 0 Å². The van der Waals surface area contributed by atoms with Crippen LogP contribution < -0.4 is 14.8 Å². The molecule has 0 aliphatic heterocycles. The van der Waals surface area contributed by atoms with Gasteiger partial charge in [0, 0.05) is 11.4 Å². The van der Waals surface area contributed by atoms with Gasteiger partial charge in [-0.15, -0.1) is 11.8 Å². The molecule has 2 aromatic carbocycles. The Bertz CT molecular complexity index is 643. The van der Waals surface area contributed by atoms with Crippen LogP contribution in [-0.2, 0) is 4.79 Å². The Morgan fingerprint density at radius 3 is 2.33 bits per heavy atom. The van der Waals surface area contributed by atoms with Crippen LogP contribution in [0.25, 0.3) is 0 Å². The Hall–Kier alpha value is -2.18. The molecule has 1 atom stereocenters. The summed E-state index contributed by atoms with van der Waals surface area (Å²) in [6.07, 6.45) is 1.25. The molecule has 0 aliphatic rings. The molecule has 0 bridgehead atoms. The molecule has 5 nitrogen and oxygen atoms in total. The lowest BCUT2D eigenvalue weighted by Crippen LogP contribution is -2.32. The van der Waals surface area contributed by atoms with Gasteiger partial charge in [-0.25, -0.2) is 0 Å². The predicted molar refractivity (Wildman–Crippen MR) is 94.7 cm³/mol. The van der Waals surface area contributed by atoms with E-state index in [9.17, 15) is 9.90 Å². The van der Waals surface area contributed by atoms with E-state index in [4.69, 9.17) is 9.47 Å². The molecule has 1 unspecified atom stereocenters. The number of methoxy groups -OCH3 is 1. The Labute approximate surface area is 146 Å². The average molecular weight is 347 g/mol. The quantitative estimate of drug-likeness (QED) is 0.719. The number of aliphatic hydroxyl groups excluding tert-OH is 1. The summed E-state index contributed by atoms with van der Waals surface area (Å²) in [4.78, 5) is 12.9. The fraction of sp³-hybridized carbons (Fsp3) is 0.278.